The van der Waals surface area contributed by atoms with Gasteiger partial charge in [0.25, 0.3) is 0 Å². The largest absolute Gasteiger partial charge is 0.450 e. The lowest BCUT2D eigenvalue weighted by atomic mass is 9.45. The van der Waals surface area contributed by atoms with E-state index in [0.717, 1.165) is 31.3 Å². The minimum absolute atomic E-state index is 0.0325. The van der Waals surface area contributed by atoms with Gasteiger partial charge in [-0.15, -0.1) is 0 Å². The Morgan fingerprint density at radius 1 is 1.19 bits per heavy atom. The van der Waals surface area contributed by atoms with Gasteiger partial charge < -0.3 is 14.9 Å². The highest BCUT2D eigenvalue weighted by Gasteiger charge is 2.70. The Hall–Kier alpha value is -1.53. The molecule has 31 heavy (non-hydrogen) atoms. The van der Waals surface area contributed by atoms with E-state index in [0.29, 0.717) is 25.7 Å². The van der Waals surface area contributed by atoms with Crippen molar-refractivity contribution in [3.63, 3.8) is 0 Å². The fourth-order valence-electron chi connectivity index (χ4n) is 7.94. The second-order valence-corrected chi connectivity index (χ2v) is 10.7. The molecule has 0 heterocycles. The first-order chi connectivity index (χ1) is 14.6. The number of aliphatic hydroxyl groups is 2. The molecule has 2 N–H and O–H groups in total. The molecule has 6 heteroatoms. The minimum Gasteiger partial charge on any atom is -0.450 e. The normalized spacial score (nSPS) is 44.0. The summed E-state index contributed by atoms with van der Waals surface area (Å²) in [6, 6.07) is 0. The molecule has 3 saturated carbocycles. The number of esters is 1. The summed E-state index contributed by atoms with van der Waals surface area (Å²) in [5.41, 5.74) is -1.12. The van der Waals surface area contributed by atoms with E-state index in [1.165, 1.54) is 0 Å². The molecule has 0 radical (unpaired) electrons. The lowest BCUT2D eigenvalue weighted by Crippen LogP contribution is -2.63. The van der Waals surface area contributed by atoms with Gasteiger partial charge in [-0.1, -0.05) is 26.3 Å². The van der Waals surface area contributed by atoms with Crippen LogP contribution in [0.3, 0.4) is 0 Å². The number of Topliss-reactive ketones (excluding diaryl/α,β-unsaturated/α-hetero) is 1. The molecule has 4 aliphatic carbocycles. The Balaban J connectivity index is 1.73. The van der Waals surface area contributed by atoms with Gasteiger partial charge in [-0.2, -0.15) is 0 Å². The maximum absolute atomic E-state index is 13.1. The molecule has 6 nitrogen and oxygen atoms in total. The first-order valence-corrected chi connectivity index (χ1v) is 11.9. The summed E-state index contributed by atoms with van der Waals surface area (Å²) in [5.74, 6) is -0.320. The number of allylic oxidation sites excluding steroid dienone is 1. The summed E-state index contributed by atoms with van der Waals surface area (Å²) < 4.78 is 5.92. The average Bonchev–Trinajstić information content (AvgIpc) is 3.00. The van der Waals surface area contributed by atoms with E-state index in [-0.39, 0.29) is 35.4 Å². The van der Waals surface area contributed by atoms with Crippen LogP contribution in [0.15, 0.2) is 11.6 Å². The zero-order valence-corrected chi connectivity index (χ0v) is 19.0. The van der Waals surface area contributed by atoms with Crippen LogP contribution in [0.2, 0.25) is 0 Å². The van der Waals surface area contributed by atoms with Gasteiger partial charge in [0.2, 0.25) is 5.78 Å². The summed E-state index contributed by atoms with van der Waals surface area (Å²) in [5, 5.41) is 21.3. The minimum atomic E-state index is -1.37. The predicted octanol–water partition coefficient (Wildman–Crippen LogP) is 3.13. The average molecular weight is 433 g/mol. The lowest BCUT2D eigenvalue weighted by Gasteiger charge is -2.60. The Morgan fingerprint density at radius 3 is 2.61 bits per heavy atom. The molecule has 0 aliphatic heterocycles. The molecule has 4 aliphatic rings. The lowest BCUT2D eigenvalue weighted by molar-refractivity contribution is -0.202. The molecule has 0 aromatic carbocycles. The van der Waals surface area contributed by atoms with E-state index in [1.807, 2.05) is 13.8 Å². The fraction of sp³-hybridized carbons (Fsp3) is 0.800. The molecule has 0 unspecified atom stereocenters. The van der Waals surface area contributed by atoms with Crippen molar-refractivity contribution < 1.29 is 29.3 Å². The summed E-state index contributed by atoms with van der Waals surface area (Å²) in [6.45, 7) is 5.39. The summed E-state index contributed by atoms with van der Waals surface area (Å²) in [4.78, 5) is 37.6. The summed E-state index contributed by atoms with van der Waals surface area (Å²) in [7, 11) is 0. The van der Waals surface area contributed by atoms with Crippen molar-refractivity contribution in [3.05, 3.63) is 11.6 Å². The molecule has 0 aromatic heterocycles. The van der Waals surface area contributed by atoms with E-state index < -0.39 is 35.5 Å². The Bertz CT molecular complexity index is 817. The van der Waals surface area contributed by atoms with Crippen LogP contribution < -0.4 is 0 Å². The third-order valence-corrected chi connectivity index (χ3v) is 9.35. The number of ketones is 2. The van der Waals surface area contributed by atoms with Gasteiger partial charge >= 0.3 is 5.97 Å². The van der Waals surface area contributed by atoms with Gasteiger partial charge in [0.15, 0.2) is 11.4 Å². The SMILES string of the molecule is CCCC(=O)O[C@]1(C(=O)CO)CC[C@@H]2[C@@H]3CCC4=CC(=O)CC[C@]4(C)[C@H]3[C@@H](O)C[C@@]21C. The molecule has 0 aromatic rings. The zero-order valence-electron chi connectivity index (χ0n) is 19.0. The van der Waals surface area contributed by atoms with Crippen LogP contribution in [0, 0.1) is 28.6 Å². The number of fused-ring (bicyclic) bond motifs is 5. The van der Waals surface area contributed by atoms with E-state index in [4.69, 9.17) is 4.74 Å². The highest BCUT2D eigenvalue weighted by Crippen LogP contribution is 2.68. The molecule has 0 saturated heterocycles. The van der Waals surface area contributed by atoms with Crippen molar-refractivity contribution in [3.8, 4) is 0 Å². The third-order valence-electron chi connectivity index (χ3n) is 9.35. The van der Waals surface area contributed by atoms with Gasteiger partial charge in [-0.25, -0.2) is 0 Å². The van der Waals surface area contributed by atoms with E-state index in [2.05, 4.69) is 6.92 Å². The van der Waals surface area contributed by atoms with E-state index >= 15 is 0 Å². The predicted molar refractivity (Wildman–Crippen MR) is 114 cm³/mol. The number of carbonyl (C=O) groups excluding carboxylic acids is 3. The monoisotopic (exact) mass is 432 g/mol. The van der Waals surface area contributed by atoms with E-state index in [9.17, 15) is 24.6 Å². The number of hydrogen-bond donors (Lipinski definition) is 2. The quantitative estimate of drug-likeness (QED) is 0.648. The Kier molecular flexibility index (Phi) is 5.70. The topological polar surface area (TPSA) is 101 Å². The molecule has 4 rings (SSSR count). The van der Waals surface area contributed by atoms with Gasteiger partial charge in [-0.05, 0) is 74.2 Å². The highest BCUT2D eigenvalue weighted by atomic mass is 16.6. The number of aliphatic hydroxyl groups excluding tert-OH is 2. The molecule has 0 spiro atoms. The van der Waals surface area contributed by atoms with Crippen LogP contribution >= 0.6 is 0 Å². The van der Waals surface area contributed by atoms with E-state index in [1.54, 1.807) is 6.08 Å². The number of hydrogen-bond acceptors (Lipinski definition) is 6. The Labute approximate surface area is 184 Å². The van der Waals surface area contributed by atoms with Crippen LogP contribution in [0.25, 0.3) is 0 Å². The van der Waals surface area contributed by atoms with Crippen molar-refractivity contribution in [2.45, 2.75) is 90.3 Å². The number of ether oxygens (including phenoxy) is 1. The van der Waals surface area contributed by atoms with Crippen LogP contribution in [0.5, 0.6) is 0 Å². The smallest absolute Gasteiger partial charge is 0.306 e. The van der Waals surface area contributed by atoms with Gasteiger partial charge in [0.1, 0.15) is 6.61 Å². The first kappa shape index (κ1) is 22.7. The summed E-state index contributed by atoms with van der Waals surface area (Å²) >= 11 is 0. The van der Waals surface area contributed by atoms with Crippen LogP contribution in [-0.2, 0) is 19.1 Å². The van der Waals surface area contributed by atoms with Crippen molar-refractivity contribution >= 4 is 17.5 Å². The second-order valence-electron chi connectivity index (χ2n) is 10.7. The molecule has 172 valence electrons. The van der Waals surface area contributed by atoms with Gasteiger partial charge in [-0.3, -0.25) is 14.4 Å². The van der Waals surface area contributed by atoms with Crippen LogP contribution in [0.1, 0.15) is 78.6 Å². The van der Waals surface area contributed by atoms with Gasteiger partial charge in [0, 0.05) is 18.3 Å². The third kappa shape index (κ3) is 3.16. The van der Waals surface area contributed by atoms with Crippen molar-refractivity contribution in [2.24, 2.45) is 28.6 Å². The first-order valence-electron chi connectivity index (χ1n) is 11.9. The molecule has 7 atom stereocenters. The zero-order chi connectivity index (χ0) is 22.6. The highest BCUT2D eigenvalue weighted by molar-refractivity contribution is 5.92. The van der Waals surface area contributed by atoms with Crippen molar-refractivity contribution in [2.75, 3.05) is 6.61 Å². The fourth-order valence-corrected chi connectivity index (χ4v) is 7.94. The van der Waals surface area contributed by atoms with Crippen molar-refractivity contribution in [1.29, 1.82) is 0 Å². The molecular formula is C25H36O6. The standard InChI is InChI=1S/C25H36O6/c1-4-5-21(30)31-25(20(29)14-26)11-9-18-17-7-6-15-12-16(27)8-10-23(15,2)22(17)19(28)13-24(18,25)3/h12,17-19,22,26,28H,4-11,13-14H2,1-3H3/t17-,18+,19-,22+,23-,24-,25-/m0/s1. The Morgan fingerprint density at radius 2 is 1.94 bits per heavy atom. The van der Waals surface area contributed by atoms with Crippen LogP contribution in [0.4, 0.5) is 0 Å². The van der Waals surface area contributed by atoms with Crippen LogP contribution in [-0.4, -0.2) is 46.1 Å². The van der Waals surface area contributed by atoms with Gasteiger partial charge in [0.05, 0.1) is 6.10 Å². The maximum Gasteiger partial charge on any atom is 0.306 e. The number of carbonyl (C=O) groups is 3. The molecule has 0 bridgehead atoms. The maximum atomic E-state index is 13.1. The second kappa shape index (κ2) is 7.80. The molecular weight excluding hydrogens is 396 g/mol. The van der Waals surface area contributed by atoms with Crippen molar-refractivity contribution in [1.82, 2.24) is 0 Å². The number of rotatable bonds is 5. The molecule has 0 amide bonds. The summed E-state index contributed by atoms with van der Waals surface area (Å²) in [6.07, 6.45) is 6.48. The molecule has 3 fully saturated rings.